The predicted molar refractivity (Wildman–Crippen MR) is 72.1 cm³/mol. The molecule has 4 heteroatoms. The quantitative estimate of drug-likeness (QED) is 0.620. The maximum Gasteiger partial charge on any atom is 0.326 e. The summed E-state index contributed by atoms with van der Waals surface area (Å²) in [4.78, 5) is 23.0. The number of carboxylic acids is 1. The summed E-state index contributed by atoms with van der Waals surface area (Å²) < 4.78 is 0. The molecule has 102 valence electrons. The van der Waals surface area contributed by atoms with Gasteiger partial charge in [0.05, 0.1) is 0 Å². The van der Waals surface area contributed by atoms with Crippen LogP contribution in [0.25, 0.3) is 0 Å². The van der Waals surface area contributed by atoms with Crippen LogP contribution >= 0.6 is 0 Å². The number of hydrogen-bond acceptors (Lipinski definition) is 2. The Kier molecular flexibility index (Phi) is 7.76. The van der Waals surface area contributed by atoms with Gasteiger partial charge in [-0.2, -0.15) is 0 Å². The Balaban J connectivity index is 4.58. The predicted octanol–water partition coefficient (Wildman–Crippen LogP) is 2.37. The van der Waals surface area contributed by atoms with Gasteiger partial charge in [-0.25, -0.2) is 4.79 Å². The van der Waals surface area contributed by atoms with Crippen LogP contribution < -0.4 is 5.32 Å². The molecule has 1 amide bonds. The van der Waals surface area contributed by atoms with E-state index in [-0.39, 0.29) is 17.7 Å². The zero-order valence-electron chi connectivity index (χ0n) is 11.2. The van der Waals surface area contributed by atoms with E-state index in [9.17, 15) is 9.59 Å². The number of hydrogen-bond donors (Lipinski definition) is 2. The molecule has 0 fully saturated rings. The minimum atomic E-state index is -0.993. The SMILES string of the molecule is C=CCC(CC=C)C(=O)N[C@@H](CC(C)C)C(=O)O. The van der Waals surface area contributed by atoms with Crippen molar-refractivity contribution in [1.29, 1.82) is 0 Å². The molecule has 0 aromatic carbocycles. The third-order valence-electron chi connectivity index (χ3n) is 2.59. The van der Waals surface area contributed by atoms with Crippen LogP contribution in [-0.4, -0.2) is 23.0 Å². The van der Waals surface area contributed by atoms with Gasteiger partial charge in [-0.05, 0) is 25.2 Å². The molecule has 0 spiro atoms. The molecule has 18 heavy (non-hydrogen) atoms. The lowest BCUT2D eigenvalue weighted by atomic mass is 9.98. The molecule has 0 aliphatic carbocycles. The third-order valence-corrected chi connectivity index (χ3v) is 2.59. The van der Waals surface area contributed by atoms with Gasteiger partial charge in [0.15, 0.2) is 0 Å². The van der Waals surface area contributed by atoms with Crippen molar-refractivity contribution in [1.82, 2.24) is 5.32 Å². The van der Waals surface area contributed by atoms with Crippen LogP contribution in [0.2, 0.25) is 0 Å². The van der Waals surface area contributed by atoms with Gasteiger partial charge in [0.25, 0.3) is 0 Å². The molecular formula is C14H23NO3. The molecular weight excluding hydrogens is 230 g/mol. The van der Waals surface area contributed by atoms with E-state index in [4.69, 9.17) is 5.11 Å². The van der Waals surface area contributed by atoms with Gasteiger partial charge < -0.3 is 10.4 Å². The molecule has 0 aliphatic heterocycles. The van der Waals surface area contributed by atoms with Crippen LogP contribution in [0.15, 0.2) is 25.3 Å². The summed E-state index contributed by atoms with van der Waals surface area (Å²) in [5, 5.41) is 11.6. The number of aliphatic carboxylic acids is 1. The molecule has 0 aromatic rings. The Bertz CT molecular complexity index is 300. The smallest absolute Gasteiger partial charge is 0.326 e. The zero-order chi connectivity index (χ0) is 14.1. The minimum Gasteiger partial charge on any atom is -0.480 e. The molecule has 0 aliphatic rings. The van der Waals surface area contributed by atoms with E-state index in [1.165, 1.54) is 0 Å². The molecule has 1 atom stereocenters. The molecule has 0 radical (unpaired) electrons. The first-order chi connectivity index (χ1) is 8.42. The van der Waals surface area contributed by atoms with Crippen molar-refractivity contribution in [3.05, 3.63) is 25.3 Å². The number of carbonyl (C=O) groups excluding carboxylic acids is 1. The molecule has 2 N–H and O–H groups in total. The van der Waals surface area contributed by atoms with E-state index < -0.39 is 12.0 Å². The fraction of sp³-hybridized carbons (Fsp3) is 0.571. The topological polar surface area (TPSA) is 66.4 Å². The van der Waals surface area contributed by atoms with Crippen LogP contribution in [0.5, 0.6) is 0 Å². The second-order valence-electron chi connectivity index (χ2n) is 4.77. The number of nitrogens with one attached hydrogen (secondary N) is 1. The average Bonchev–Trinajstić information content (AvgIpc) is 2.27. The highest BCUT2D eigenvalue weighted by Gasteiger charge is 2.24. The van der Waals surface area contributed by atoms with Crippen molar-refractivity contribution < 1.29 is 14.7 Å². The van der Waals surface area contributed by atoms with E-state index in [0.29, 0.717) is 19.3 Å². The maximum atomic E-state index is 11.9. The molecule has 0 saturated carbocycles. The van der Waals surface area contributed by atoms with Crippen LogP contribution in [0.1, 0.15) is 33.1 Å². The number of allylic oxidation sites excluding steroid dienone is 2. The minimum absolute atomic E-state index is 0.212. The number of amides is 1. The summed E-state index contributed by atoms with van der Waals surface area (Å²) in [5.41, 5.74) is 0. The zero-order valence-corrected chi connectivity index (χ0v) is 11.2. The Morgan fingerprint density at radius 1 is 1.22 bits per heavy atom. The first-order valence-electron chi connectivity index (χ1n) is 6.17. The van der Waals surface area contributed by atoms with E-state index in [2.05, 4.69) is 18.5 Å². The van der Waals surface area contributed by atoms with E-state index in [1.807, 2.05) is 13.8 Å². The summed E-state index contributed by atoms with van der Waals surface area (Å²) in [6, 6.07) is -0.824. The highest BCUT2D eigenvalue weighted by molar-refractivity contribution is 5.85. The fourth-order valence-corrected chi connectivity index (χ4v) is 1.70. The number of carboxylic acid groups (broad SMARTS) is 1. The number of carbonyl (C=O) groups is 2. The highest BCUT2D eigenvalue weighted by Crippen LogP contribution is 2.12. The molecule has 0 saturated heterocycles. The van der Waals surface area contributed by atoms with Crippen LogP contribution in [0.4, 0.5) is 0 Å². The van der Waals surface area contributed by atoms with E-state index in [0.717, 1.165) is 0 Å². The summed E-state index contributed by atoms with van der Waals surface area (Å²) in [7, 11) is 0. The first kappa shape index (κ1) is 16.4. The van der Waals surface area contributed by atoms with Gasteiger partial charge in [-0.15, -0.1) is 13.2 Å². The van der Waals surface area contributed by atoms with Crippen molar-refractivity contribution in [2.45, 2.75) is 39.2 Å². The first-order valence-corrected chi connectivity index (χ1v) is 6.17. The van der Waals surface area contributed by atoms with Gasteiger partial charge >= 0.3 is 5.97 Å². The fourth-order valence-electron chi connectivity index (χ4n) is 1.70. The second-order valence-corrected chi connectivity index (χ2v) is 4.77. The Morgan fingerprint density at radius 3 is 2.06 bits per heavy atom. The summed E-state index contributed by atoms with van der Waals surface area (Å²) in [6.45, 7) is 11.0. The average molecular weight is 253 g/mol. The Hall–Kier alpha value is -1.58. The van der Waals surface area contributed by atoms with Crippen LogP contribution in [-0.2, 0) is 9.59 Å². The van der Waals surface area contributed by atoms with E-state index in [1.54, 1.807) is 12.2 Å². The van der Waals surface area contributed by atoms with Crippen molar-refractivity contribution in [2.75, 3.05) is 0 Å². The van der Waals surface area contributed by atoms with Crippen LogP contribution in [0.3, 0.4) is 0 Å². The molecule has 0 heterocycles. The third kappa shape index (κ3) is 6.23. The van der Waals surface area contributed by atoms with Crippen molar-refractivity contribution in [3.63, 3.8) is 0 Å². The van der Waals surface area contributed by atoms with Gasteiger partial charge in [-0.3, -0.25) is 4.79 Å². The molecule has 0 bridgehead atoms. The number of rotatable bonds is 9. The lowest BCUT2D eigenvalue weighted by Crippen LogP contribution is -2.44. The lowest BCUT2D eigenvalue weighted by Gasteiger charge is -2.20. The molecule has 0 rings (SSSR count). The normalized spacial score (nSPS) is 12.2. The molecule has 4 nitrogen and oxygen atoms in total. The van der Waals surface area contributed by atoms with Gasteiger partial charge in [-0.1, -0.05) is 26.0 Å². The Labute approximate surface area is 109 Å². The van der Waals surface area contributed by atoms with Crippen LogP contribution in [0, 0.1) is 11.8 Å². The Morgan fingerprint density at radius 2 is 1.72 bits per heavy atom. The largest absolute Gasteiger partial charge is 0.480 e. The van der Waals surface area contributed by atoms with Crippen molar-refractivity contribution in [3.8, 4) is 0 Å². The summed E-state index contributed by atoms with van der Waals surface area (Å²) in [6.07, 6.45) is 4.78. The van der Waals surface area contributed by atoms with Crippen molar-refractivity contribution >= 4 is 11.9 Å². The van der Waals surface area contributed by atoms with Gasteiger partial charge in [0.1, 0.15) is 6.04 Å². The monoisotopic (exact) mass is 253 g/mol. The second kappa shape index (κ2) is 8.50. The van der Waals surface area contributed by atoms with Crippen molar-refractivity contribution in [2.24, 2.45) is 11.8 Å². The molecule has 0 aromatic heterocycles. The van der Waals surface area contributed by atoms with Gasteiger partial charge in [0, 0.05) is 5.92 Å². The van der Waals surface area contributed by atoms with E-state index >= 15 is 0 Å². The summed E-state index contributed by atoms with van der Waals surface area (Å²) >= 11 is 0. The standard InChI is InChI=1S/C14H23NO3/c1-5-7-11(8-6-2)13(16)15-12(14(17)18)9-10(3)4/h5-6,10-12H,1-2,7-9H2,3-4H3,(H,15,16)(H,17,18)/t12-/m0/s1. The summed E-state index contributed by atoms with van der Waals surface area (Å²) in [5.74, 6) is -1.31. The lowest BCUT2D eigenvalue weighted by molar-refractivity contribution is -0.142. The maximum absolute atomic E-state index is 11.9. The molecule has 0 unspecified atom stereocenters. The highest BCUT2D eigenvalue weighted by atomic mass is 16.4. The van der Waals surface area contributed by atoms with Gasteiger partial charge in [0.2, 0.25) is 5.91 Å².